The molecule has 1 amide bonds. The van der Waals surface area contributed by atoms with Gasteiger partial charge < -0.3 is 20.6 Å². The van der Waals surface area contributed by atoms with Crippen molar-refractivity contribution in [2.24, 2.45) is 5.73 Å². The molecule has 0 aliphatic rings. The normalized spacial score (nSPS) is 11.1. The first kappa shape index (κ1) is 16.9. The lowest BCUT2D eigenvalue weighted by Crippen LogP contribution is -2.15. The largest absolute Gasteiger partial charge is 0.496 e. The zero-order valence-electron chi connectivity index (χ0n) is 15.2. The molecule has 2 aromatic heterocycles. The number of anilines is 1. The second-order valence-corrected chi connectivity index (χ2v) is 6.48. The topological polar surface area (TPSA) is 82.8 Å². The highest BCUT2D eigenvalue weighted by atomic mass is 16.5. The highest BCUT2D eigenvalue weighted by Crippen LogP contribution is 2.42. The smallest absolute Gasteiger partial charge is 0.267 e. The number of ether oxygens (including phenoxy) is 1. The minimum Gasteiger partial charge on any atom is -0.496 e. The fourth-order valence-electron chi connectivity index (χ4n) is 3.47. The number of aromatic nitrogens is 1. The van der Waals surface area contributed by atoms with Crippen LogP contribution in [0.2, 0.25) is 0 Å². The Balaban J connectivity index is 2.52. The van der Waals surface area contributed by atoms with Gasteiger partial charge in [0.1, 0.15) is 11.4 Å². The summed E-state index contributed by atoms with van der Waals surface area (Å²) >= 11 is 0. The van der Waals surface area contributed by atoms with Crippen molar-refractivity contribution >= 4 is 17.1 Å². The van der Waals surface area contributed by atoms with Gasteiger partial charge in [-0.2, -0.15) is 0 Å². The highest BCUT2D eigenvalue weighted by molar-refractivity contribution is 6.07. The number of fused-ring (bicyclic) bond motifs is 1. The van der Waals surface area contributed by atoms with Crippen LogP contribution >= 0.6 is 0 Å². The average molecular weight is 337 g/mol. The molecule has 0 radical (unpaired) electrons. The Labute approximate surface area is 147 Å². The number of benzene rings is 1. The first-order valence-electron chi connectivity index (χ1n) is 8.13. The fraction of sp³-hybridized carbons (Fsp3) is 0.250. The summed E-state index contributed by atoms with van der Waals surface area (Å²) in [6.45, 7) is 8.06. The Morgan fingerprint density at radius 3 is 2.32 bits per heavy atom. The van der Waals surface area contributed by atoms with Crippen LogP contribution in [-0.4, -0.2) is 17.4 Å². The molecule has 0 atom stereocenters. The van der Waals surface area contributed by atoms with E-state index < -0.39 is 5.91 Å². The molecule has 0 saturated carbocycles. The predicted octanol–water partition coefficient (Wildman–Crippen LogP) is 3.53. The highest BCUT2D eigenvalue weighted by Gasteiger charge is 2.24. The number of nitrogens with two attached hydrogens (primary N) is 2. The molecule has 0 bridgehead atoms. The van der Waals surface area contributed by atoms with Crippen LogP contribution in [0.3, 0.4) is 0 Å². The van der Waals surface area contributed by atoms with E-state index in [4.69, 9.17) is 16.2 Å². The Morgan fingerprint density at radius 2 is 1.72 bits per heavy atom. The van der Waals surface area contributed by atoms with Crippen LogP contribution < -0.4 is 16.2 Å². The maximum Gasteiger partial charge on any atom is 0.267 e. The van der Waals surface area contributed by atoms with Crippen LogP contribution in [0.5, 0.6) is 5.75 Å². The van der Waals surface area contributed by atoms with Gasteiger partial charge in [0.05, 0.1) is 18.3 Å². The molecule has 25 heavy (non-hydrogen) atoms. The van der Waals surface area contributed by atoms with E-state index in [0.717, 1.165) is 44.6 Å². The summed E-state index contributed by atoms with van der Waals surface area (Å²) in [6, 6.07) is 5.98. The maximum atomic E-state index is 12.1. The van der Waals surface area contributed by atoms with Gasteiger partial charge in [0.15, 0.2) is 0 Å². The second-order valence-electron chi connectivity index (χ2n) is 6.48. The first-order chi connectivity index (χ1) is 11.8. The molecule has 0 spiro atoms. The maximum absolute atomic E-state index is 12.1. The number of hydrogen-bond acceptors (Lipinski definition) is 3. The van der Waals surface area contributed by atoms with E-state index >= 15 is 0 Å². The molecule has 0 fully saturated rings. The van der Waals surface area contributed by atoms with Gasteiger partial charge in [-0.05, 0) is 67.6 Å². The van der Waals surface area contributed by atoms with Crippen molar-refractivity contribution in [3.05, 3.63) is 52.3 Å². The minimum atomic E-state index is -0.541. The summed E-state index contributed by atoms with van der Waals surface area (Å²) < 4.78 is 7.27. The number of rotatable bonds is 3. The molecule has 2 heterocycles. The molecule has 3 rings (SSSR count). The van der Waals surface area contributed by atoms with Crippen LogP contribution in [0.25, 0.3) is 16.6 Å². The van der Waals surface area contributed by atoms with Gasteiger partial charge in [0, 0.05) is 11.8 Å². The number of carbonyl (C=O) groups excluding carboxylic acids is 1. The van der Waals surface area contributed by atoms with E-state index in [1.165, 1.54) is 0 Å². The molecule has 5 nitrogen and oxygen atoms in total. The molecular weight excluding hydrogens is 314 g/mol. The van der Waals surface area contributed by atoms with E-state index in [0.29, 0.717) is 11.4 Å². The minimum absolute atomic E-state index is 0.315. The van der Waals surface area contributed by atoms with Crippen LogP contribution in [0.4, 0.5) is 5.69 Å². The van der Waals surface area contributed by atoms with Gasteiger partial charge in [0.2, 0.25) is 0 Å². The van der Waals surface area contributed by atoms with Gasteiger partial charge in [-0.15, -0.1) is 0 Å². The summed E-state index contributed by atoms with van der Waals surface area (Å²) in [5.74, 6) is 0.240. The van der Waals surface area contributed by atoms with Crippen LogP contribution in [-0.2, 0) is 0 Å². The summed E-state index contributed by atoms with van der Waals surface area (Å²) in [5.41, 5.74) is 19.7. The lowest BCUT2D eigenvalue weighted by molar-refractivity contribution is 0.0995. The number of primary amides is 1. The van der Waals surface area contributed by atoms with Crippen molar-refractivity contribution in [2.45, 2.75) is 27.7 Å². The van der Waals surface area contributed by atoms with Gasteiger partial charge in [-0.3, -0.25) is 4.79 Å². The zero-order valence-corrected chi connectivity index (χ0v) is 15.2. The molecule has 0 aliphatic carbocycles. The van der Waals surface area contributed by atoms with Crippen LogP contribution in [0.1, 0.15) is 32.7 Å². The van der Waals surface area contributed by atoms with Crippen molar-refractivity contribution in [3.63, 3.8) is 0 Å². The molecule has 4 N–H and O–H groups in total. The third kappa shape index (κ3) is 2.43. The van der Waals surface area contributed by atoms with E-state index in [-0.39, 0.29) is 0 Å². The third-order valence-corrected chi connectivity index (χ3v) is 4.91. The first-order valence-corrected chi connectivity index (χ1v) is 8.13. The van der Waals surface area contributed by atoms with Gasteiger partial charge in [-0.1, -0.05) is 6.07 Å². The molecule has 3 aromatic rings. The Morgan fingerprint density at radius 1 is 1.04 bits per heavy atom. The number of nitrogens with zero attached hydrogens (tertiary/aromatic N) is 1. The Kier molecular flexibility index (Phi) is 3.95. The number of nitrogen functional groups attached to an aromatic ring is 1. The van der Waals surface area contributed by atoms with E-state index in [1.54, 1.807) is 11.5 Å². The number of amides is 1. The zero-order chi connectivity index (χ0) is 18.5. The van der Waals surface area contributed by atoms with Crippen LogP contribution in [0, 0.1) is 27.7 Å². The summed E-state index contributed by atoms with van der Waals surface area (Å²) in [5, 5.41) is 0. The molecule has 0 aliphatic heterocycles. The molecule has 0 unspecified atom stereocenters. The standard InChI is InChI=1S/C20H23N3O2/c1-10-6-7-15(25-5)13(4)16(10)17-14-8-11(2)12(3)9-23(14)19(18(17)21)20(22)24/h6-9H,21H2,1-5H3,(H2,22,24). The molecular formula is C20H23N3O2. The van der Waals surface area contributed by atoms with Crippen molar-refractivity contribution in [3.8, 4) is 16.9 Å². The quantitative estimate of drug-likeness (QED) is 0.767. The molecule has 1 aromatic carbocycles. The number of aryl methyl sites for hydroxylation is 3. The molecule has 0 saturated heterocycles. The molecule has 130 valence electrons. The summed E-state index contributed by atoms with van der Waals surface area (Å²) in [4.78, 5) is 12.1. The summed E-state index contributed by atoms with van der Waals surface area (Å²) in [6.07, 6.45) is 1.91. The monoisotopic (exact) mass is 337 g/mol. The Hall–Kier alpha value is -2.95. The predicted molar refractivity (Wildman–Crippen MR) is 101 cm³/mol. The van der Waals surface area contributed by atoms with Crippen molar-refractivity contribution in [1.29, 1.82) is 0 Å². The van der Waals surface area contributed by atoms with Gasteiger partial charge in [0.25, 0.3) is 5.91 Å². The third-order valence-electron chi connectivity index (χ3n) is 4.91. The van der Waals surface area contributed by atoms with Crippen molar-refractivity contribution < 1.29 is 9.53 Å². The number of carbonyl (C=O) groups is 1. The van der Waals surface area contributed by atoms with Crippen molar-refractivity contribution in [1.82, 2.24) is 4.40 Å². The van der Waals surface area contributed by atoms with Gasteiger partial charge >= 0.3 is 0 Å². The summed E-state index contributed by atoms with van der Waals surface area (Å²) in [7, 11) is 1.64. The number of methoxy groups -OCH3 is 1. The lowest BCUT2D eigenvalue weighted by Gasteiger charge is -2.14. The fourth-order valence-corrected chi connectivity index (χ4v) is 3.47. The van der Waals surface area contributed by atoms with Gasteiger partial charge in [-0.25, -0.2) is 0 Å². The Bertz CT molecular complexity index is 1020. The molecule has 5 heteroatoms. The SMILES string of the molecule is COc1ccc(C)c(-c2c(N)c(C(N)=O)n3cc(C)c(C)cc23)c1C. The number of hydrogen-bond donors (Lipinski definition) is 2. The van der Waals surface area contributed by atoms with Crippen molar-refractivity contribution in [2.75, 3.05) is 12.8 Å². The lowest BCUT2D eigenvalue weighted by atomic mass is 9.94. The number of pyridine rings is 1. The second kappa shape index (κ2) is 5.84. The average Bonchev–Trinajstić information content (AvgIpc) is 2.80. The van der Waals surface area contributed by atoms with Crippen LogP contribution in [0.15, 0.2) is 24.4 Å². The van der Waals surface area contributed by atoms with E-state index in [1.807, 2.05) is 52.1 Å². The van der Waals surface area contributed by atoms with E-state index in [2.05, 4.69) is 0 Å². The van der Waals surface area contributed by atoms with E-state index in [9.17, 15) is 4.79 Å².